The summed E-state index contributed by atoms with van der Waals surface area (Å²) in [6.07, 6.45) is 0.369. The van der Waals surface area contributed by atoms with Gasteiger partial charge in [0, 0.05) is 5.56 Å². The van der Waals surface area contributed by atoms with Crippen molar-refractivity contribution in [3.8, 4) is 0 Å². The molecule has 1 saturated heterocycles. The fourth-order valence-electron chi connectivity index (χ4n) is 1.68. The van der Waals surface area contributed by atoms with Gasteiger partial charge >= 0.3 is 0 Å². The molecule has 1 aromatic carbocycles. The molecule has 1 N–H and O–H groups in total. The first-order valence-electron chi connectivity index (χ1n) is 4.18. The highest BCUT2D eigenvalue weighted by molar-refractivity contribution is 5.85. The first-order chi connectivity index (χ1) is 6.12. The molecule has 0 saturated carbocycles. The second-order valence-electron chi connectivity index (χ2n) is 3.54. The molecule has 1 aliphatic heterocycles. The third kappa shape index (κ3) is 1.20. The van der Waals surface area contributed by atoms with Crippen molar-refractivity contribution in [2.75, 3.05) is 0 Å². The molecule has 1 atom stereocenters. The quantitative estimate of drug-likeness (QED) is 0.651. The highest BCUT2D eigenvalue weighted by Gasteiger charge is 2.41. The largest absolute Gasteiger partial charge is 0.346 e. The van der Waals surface area contributed by atoms with E-state index in [0.717, 1.165) is 0 Å². The zero-order valence-electron chi connectivity index (χ0n) is 7.30. The molecule has 0 spiro atoms. The Morgan fingerprint density at radius 1 is 1.46 bits per heavy atom. The van der Waals surface area contributed by atoms with Crippen molar-refractivity contribution in [3.05, 3.63) is 35.6 Å². The Morgan fingerprint density at radius 2 is 2.08 bits per heavy atom. The van der Waals surface area contributed by atoms with Crippen LogP contribution in [0.3, 0.4) is 0 Å². The van der Waals surface area contributed by atoms with Crippen LogP contribution in [0, 0.1) is 5.82 Å². The Labute approximate surface area is 75.8 Å². The van der Waals surface area contributed by atoms with Crippen LogP contribution in [-0.4, -0.2) is 5.91 Å². The zero-order valence-corrected chi connectivity index (χ0v) is 7.30. The average molecular weight is 179 g/mol. The molecule has 68 valence electrons. The number of β-lactam (4-membered cyclic amide) rings is 1. The first-order valence-corrected chi connectivity index (χ1v) is 4.18. The second kappa shape index (κ2) is 2.55. The minimum absolute atomic E-state index is 0.0225. The van der Waals surface area contributed by atoms with Crippen molar-refractivity contribution in [2.45, 2.75) is 18.9 Å². The number of benzene rings is 1. The van der Waals surface area contributed by atoms with Crippen molar-refractivity contribution in [1.29, 1.82) is 0 Å². The predicted molar refractivity (Wildman–Crippen MR) is 46.5 cm³/mol. The van der Waals surface area contributed by atoms with Crippen LogP contribution in [0.5, 0.6) is 0 Å². The highest BCUT2D eigenvalue weighted by atomic mass is 19.1. The van der Waals surface area contributed by atoms with Gasteiger partial charge in [-0.25, -0.2) is 4.39 Å². The molecule has 2 rings (SSSR count). The molecular weight excluding hydrogens is 169 g/mol. The van der Waals surface area contributed by atoms with Crippen LogP contribution in [0.25, 0.3) is 0 Å². The fraction of sp³-hybridized carbons (Fsp3) is 0.300. The number of carbonyl (C=O) groups is 1. The number of carbonyl (C=O) groups excluding carboxylic acids is 1. The third-order valence-corrected chi connectivity index (χ3v) is 2.40. The second-order valence-corrected chi connectivity index (χ2v) is 3.54. The van der Waals surface area contributed by atoms with Gasteiger partial charge in [0.15, 0.2) is 0 Å². The Balaban J connectivity index is 2.36. The van der Waals surface area contributed by atoms with E-state index in [2.05, 4.69) is 5.32 Å². The molecule has 2 nitrogen and oxygen atoms in total. The van der Waals surface area contributed by atoms with Crippen molar-refractivity contribution in [1.82, 2.24) is 5.32 Å². The van der Waals surface area contributed by atoms with Gasteiger partial charge < -0.3 is 5.32 Å². The molecule has 1 heterocycles. The first kappa shape index (κ1) is 8.23. The van der Waals surface area contributed by atoms with Crippen LogP contribution < -0.4 is 5.32 Å². The molecule has 0 bridgehead atoms. The predicted octanol–water partition coefficient (Wildman–Crippen LogP) is 1.56. The Morgan fingerprint density at radius 3 is 2.62 bits per heavy atom. The lowest BCUT2D eigenvalue weighted by Gasteiger charge is -2.39. The maximum Gasteiger partial charge on any atom is 0.223 e. The average Bonchev–Trinajstić information content (AvgIpc) is 2.02. The van der Waals surface area contributed by atoms with Crippen LogP contribution in [0.2, 0.25) is 0 Å². The monoisotopic (exact) mass is 179 g/mol. The highest BCUT2D eigenvalue weighted by Crippen LogP contribution is 2.32. The summed E-state index contributed by atoms with van der Waals surface area (Å²) in [7, 11) is 0. The van der Waals surface area contributed by atoms with E-state index in [-0.39, 0.29) is 11.7 Å². The molecule has 0 aromatic heterocycles. The van der Waals surface area contributed by atoms with Gasteiger partial charge in [-0.05, 0) is 13.0 Å². The minimum Gasteiger partial charge on any atom is -0.346 e. The lowest BCUT2D eigenvalue weighted by molar-refractivity contribution is -0.132. The molecule has 13 heavy (non-hydrogen) atoms. The van der Waals surface area contributed by atoms with Crippen LogP contribution in [0.15, 0.2) is 24.3 Å². The van der Waals surface area contributed by atoms with E-state index in [1.165, 1.54) is 6.07 Å². The van der Waals surface area contributed by atoms with E-state index >= 15 is 0 Å². The summed E-state index contributed by atoms with van der Waals surface area (Å²) in [5.74, 6) is -0.282. The summed E-state index contributed by atoms with van der Waals surface area (Å²) in [4.78, 5) is 10.8. The summed E-state index contributed by atoms with van der Waals surface area (Å²) in [6.45, 7) is 1.83. The number of hydrogen-bond acceptors (Lipinski definition) is 1. The maximum absolute atomic E-state index is 13.3. The SMILES string of the molecule is CC1(c2ccccc2F)CC(=O)N1. The van der Waals surface area contributed by atoms with Crippen molar-refractivity contribution in [2.24, 2.45) is 0 Å². The van der Waals surface area contributed by atoms with E-state index in [9.17, 15) is 9.18 Å². The number of nitrogens with one attached hydrogen (secondary N) is 1. The van der Waals surface area contributed by atoms with Gasteiger partial charge in [0.1, 0.15) is 5.82 Å². The van der Waals surface area contributed by atoms with Crippen LogP contribution in [-0.2, 0) is 10.3 Å². The molecule has 1 unspecified atom stereocenters. The minimum atomic E-state index is -0.498. The number of rotatable bonds is 1. The third-order valence-electron chi connectivity index (χ3n) is 2.40. The van der Waals surface area contributed by atoms with Crippen molar-refractivity contribution >= 4 is 5.91 Å². The summed E-state index contributed by atoms with van der Waals surface area (Å²) >= 11 is 0. The normalized spacial score (nSPS) is 26.5. The smallest absolute Gasteiger partial charge is 0.223 e. The molecule has 0 aliphatic carbocycles. The summed E-state index contributed by atoms with van der Waals surface area (Å²) in [6, 6.07) is 6.52. The van der Waals surface area contributed by atoms with E-state index in [1.54, 1.807) is 18.2 Å². The van der Waals surface area contributed by atoms with Crippen molar-refractivity contribution < 1.29 is 9.18 Å². The summed E-state index contributed by atoms with van der Waals surface area (Å²) in [5, 5.41) is 2.70. The van der Waals surface area contributed by atoms with E-state index < -0.39 is 5.54 Å². The van der Waals surface area contributed by atoms with Gasteiger partial charge in [-0.1, -0.05) is 18.2 Å². The standard InChI is InChI=1S/C10H10FNO/c1-10(6-9(13)12-10)7-4-2-3-5-8(7)11/h2-5H,6H2,1H3,(H,12,13). The van der Waals surface area contributed by atoms with Crippen LogP contribution in [0.1, 0.15) is 18.9 Å². The number of hydrogen-bond donors (Lipinski definition) is 1. The van der Waals surface area contributed by atoms with E-state index in [0.29, 0.717) is 12.0 Å². The van der Waals surface area contributed by atoms with Crippen LogP contribution in [0.4, 0.5) is 4.39 Å². The van der Waals surface area contributed by atoms with Gasteiger partial charge in [0.05, 0.1) is 12.0 Å². The fourth-order valence-corrected chi connectivity index (χ4v) is 1.68. The van der Waals surface area contributed by atoms with Gasteiger partial charge in [-0.15, -0.1) is 0 Å². The maximum atomic E-state index is 13.3. The van der Waals surface area contributed by atoms with Gasteiger partial charge in [0.2, 0.25) is 5.91 Å². The van der Waals surface area contributed by atoms with Crippen molar-refractivity contribution in [3.63, 3.8) is 0 Å². The van der Waals surface area contributed by atoms with Crippen LogP contribution >= 0.6 is 0 Å². The number of amides is 1. The van der Waals surface area contributed by atoms with Gasteiger partial charge in [-0.3, -0.25) is 4.79 Å². The van der Waals surface area contributed by atoms with Gasteiger partial charge in [0.25, 0.3) is 0 Å². The molecule has 1 aromatic rings. The lowest BCUT2D eigenvalue weighted by Crippen LogP contribution is -2.56. The molecule has 1 aliphatic rings. The zero-order chi connectivity index (χ0) is 9.47. The molecule has 1 fully saturated rings. The Bertz CT molecular complexity index is 354. The summed E-state index contributed by atoms with van der Waals surface area (Å²) < 4.78 is 13.3. The number of halogens is 1. The molecule has 1 amide bonds. The summed E-state index contributed by atoms with van der Waals surface area (Å²) in [5.41, 5.74) is 0.0669. The molecule has 3 heteroatoms. The molecule has 0 radical (unpaired) electrons. The topological polar surface area (TPSA) is 29.1 Å². The Kier molecular flexibility index (Phi) is 1.62. The Hall–Kier alpha value is -1.38. The molecular formula is C10H10FNO. The lowest BCUT2D eigenvalue weighted by atomic mass is 9.82. The van der Waals surface area contributed by atoms with E-state index in [4.69, 9.17) is 0 Å². The van der Waals surface area contributed by atoms with Gasteiger partial charge in [-0.2, -0.15) is 0 Å². The van der Waals surface area contributed by atoms with E-state index in [1.807, 2.05) is 6.92 Å².